The molecule has 0 spiro atoms. The van der Waals surface area contributed by atoms with Gasteiger partial charge in [0.05, 0.1) is 16.4 Å². The van der Waals surface area contributed by atoms with Gasteiger partial charge in [0.25, 0.3) is 0 Å². The van der Waals surface area contributed by atoms with Crippen LogP contribution in [0.2, 0.25) is 5.02 Å². The zero-order valence-corrected chi connectivity index (χ0v) is 12.4. The molecule has 1 heterocycles. The molecule has 0 unspecified atom stereocenters. The van der Waals surface area contributed by atoms with Crippen molar-refractivity contribution in [1.29, 1.82) is 0 Å². The van der Waals surface area contributed by atoms with Crippen molar-refractivity contribution in [3.63, 3.8) is 0 Å². The Hall–Kier alpha value is -1.07. The highest BCUT2D eigenvalue weighted by molar-refractivity contribution is 9.10. The van der Waals surface area contributed by atoms with Crippen molar-refractivity contribution in [2.75, 3.05) is 12.8 Å². The number of nitrogens with two attached hydrogens (primary N) is 2. The van der Waals surface area contributed by atoms with Crippen LogP contribution in [0.3, 0.4) is 0 Å². The second kappa shape index (κ2) is 8.08. The lowest BCUT2D eigenvalue weighted by atomic mass is 10.2. The minimum Gasteiger partial charge on any atom is -0.404 e. The van der Waals surface area contributed by atoms with E-state index in [9.17, 15) is 0 Å². The molecule has 0 fully saturated rings. The minimum absolute atomic E-state index is 0.437. The van der Waals surface area contributed by atoms with Crippen molar-refractivity contribution >= 4 is 45.0 Å². The molecular weight excluding hydrogens is 304 g/mol. The highest BCUT2D eigenvalue weighted by atomic mass is 79.9. The second-order valence-corrected chi connectivity index (χ2v) is 3.87. The summed E-state index contributed by atoms with van der Waals surface area (Å²) >= 11 is 9.21. The van der Waals surface area contributed by atoms with Crippen LogP contribution in [0.5, 0.6) is 0 Å². The van der Waals surface area contributed by atoms with Gasteiger partial charge < -0.3 is 11.5 Å². The molecule has 4 nitrogen and oxygen atoms in total. The molecule has 0 saturated carbocycles. The van der Waals surface area contributed by atoms with Crippen LogP contribution in [0.25, 0.3) is 5.57 Å². The number of anilines is 1. The van der Waals surface area contributed by atoms with Gasteiger partial charge in [-0.15, -0.1) is 0 Å². The normalized spacial score (nSPS) is 11.2. The molecule has 17 heavy (non-hydrogen) atoms. The summed E-state index contributed by atoms with van der Waals surface area (Å²) in [6, 6.07) is 1.61. The highest BCUT2D eigenvalue weighted by Crippen LogP contribution is 2.27. The van der Waals surface area contributed by atoms with Crippen molar-refractivity contribution < 1.29 is 0 Å². The smallest absolute Gasteiger partial charge is 0.129 e. The Bertz CT molecular complexity index is 430. The molecule has 1 aromatic rings. The third-order valence-electron chi connectivity index (χ3n) is 1.68. The van der Waals surface area contributed by atoms with Gasteiger partial charge in [0.15, 0.2) is 0 Å². The number of nitrogens with zero attached hydrogens (tertiary/aromatic N) is 2. The van der Waals surface area contributed by atoms with Gasteiger partial charge in [-0.3, -0.25) is 4.99 Å². The first-order chi connectivity index (χ1) is 8.10. The SMILES string of the molecule is CC.CN=C/C(=C\N)c1nc(Br)c(N)cc1Cl. The van der Waals surface area contributed by atoms with E-state index in [4.69, 9.17) is 23.1 Å². The topological polar surface area (TPSA) is 77.3 Å². The van der Waals surface area contributed by atoms with Crippen molar-refractivity contribution in [3.05, 3.63) is 27.6 Å². The van der Waals surface area contributed by atoms with E-state index in [0.29, 0.717) is 26.6 Å². The summed E-state index contributed by atoms with van der Waals surface area (Å²) in [7, 11) is 1.64. The van der Waals surface area contributed by atoms with Gasteiger partial charge in [-0.05, 0) is 22.0 Å². The van der Waals surface area contributed by atoms with Crippen LogP contribution < -0.4 is 11.5 Å². The first-order valence-electron chi connectivity index (χ1n) is 5.06. The van der Waals surface area contributed by atoms with E-state index in [1.807, 2.05) is 13.8 Å². The molecule has 94 valence electrons. The molecule has 6 heteroatoms. The number of halogens is 2. The third kappa shape index (κ3) is 4.36. The van der Waals surface area contributed by atoms with E-state index in [2.05, 4.69) is 25.9 Å². The summed E-state index contributed by atoms with van der Waals surface area (Å²) in [6.45, 7) is 4.00. The maximum atomic E-state index is 5.99. The van der Waals surface area contributed by atoms with Crippen LogP contribution >= 0.6 is 27.5 Å². The maximum Gasteiger partial charge on any atom is 0.129 e. The number of hydrogen-bond donors (Lipinski definition) is 2. The van der Waals surface area contributed by atoms with E-state index in [1.54, 1.807) is 19.3 Å². The molecule has 0 saturated heterocycles. The predicted molar refractivity (Wildman–Crippen MR) is 79.3 cm³/mol. The number of pyridine rings is 1. The molecule has 0 aliphatic rings. The quantitative estimate of drug-likeness (QED) is 0.649. The van der Waals surface area contributed by atoms with Crippen LogP contribution in [0, 0.1) is 0 Å². The van der Waals surface area contributed by atoms with Crippen LogP contribution in [-0.2, 0) is 0 Å². The molecule has 0 bridgehead atoms. The van der Waals surface area contributed by atoms with Crippen LogP contribution in [0.4, 0.5) is 5.69 Å². The largest absolute Gasteiger partial charge is 0.404 e. The molecule has 4 N–H and O–H groups in total. The van der Waals surface area contributed by atoms with E-state index in [0.717, 1.165) is 0 Å². The molecule has 0 radical (unpaired) electrons. The van der Waals surface area contributed by atoms with E-state index < -0.39 is 0 Å². The number of aromatic nitrogens is 1. The number of allylic oxidation sites excluding steroid dienone is 1. The Morgan fingerprint density at radius 1 is 1.53 bits per heavy atom. The van der Waals surface area contributed by atoms with Gasteiger partial charge in [0.1, 0.15) is 4.60 Å². The summed E-state index contributed by atoms with van der Waals surface area (Å²) in [5.41, 5.74) is 12.7. The fourth-order valence-corrected chi connectivity index (χ4v) is 1.57. The summed E-state index contributed by atoms with van der Waals surface area (Å²) in [5.74, 6) is 0. The third-order valence-corrected chi connectivity index (χ3v) is 2.60. The molecule has 1 aromatic heterocycles. The Kier molecular flexibility index (Phi) is 7.58. The van der Waals surface area contributed by atoms with Gasteiger partial charge in [0.2, 0.25) is 0 Å². The second-order valence-electron chi connectivity index (χ2n) is 2.71. The molecular formula is C11H16BrClN4. The monoisotopic (exact) mass is 318 g/mol. The van der Waals surface area contributed by atoms with Crippen molar-refractivity contribution in [2.45, 2.75) is 13.8 Å². The zero-order valence-electron chi connectivity index (χ0n) is 10.0. The van der Waals surface area contributed by atoms with Crippen LogP contribution in [-0.4, -0.2) is 18.2 Å². The highest BCUT2D eigenvalue weighted by Gasteiger charge is 2.09. The predicted octanol–water partition coefficient (Wildman–Crippen LogP) is 3.11. The summed E-state index contributed by atoms with van der Waals surface area (Å²) < 4.78 is 0.533. The lowest BCUT2D eigenvalue weighted by Gasteiger charge is -2.06. The molecule has 0 atom stereocenters. The van der Waals surface area contributed by atoms with Gasteiger partial charge in [-0.25, -0.2) is 4.98 Å². The van der Waals surface area contributed by atoms with Crippen LogP contribution in [0.15, 0.2) is 21.9 Å². The fraction of sp³-hybridized carbons (Fsp3) is 0.273. The van der Waals surface area contributed by atoms with Crippen molar-refractivity contribution in [2.24, 2.45) is 10.7 Å². The average Bonchev–Trinajstić information content (AvgIpc) is 2.34. The lowest BCUT2D eigenvalue weighted by Crippen LogP contribution is -1.99. The summed E-state index contributed by atoms with van der Waals surface area (Å²) in [4.78, 5) is 8.04. The van der Waals surface area contributed by atoms with Crippen LogP contribution in [0.1, 0.15) is 19.5 Å². The van der Waals surface area contributed by atoms with Gasteiger partial charge in [-0.2, -0.15) is 0 Å². The minimum atomic E-state index is 0.437. The van der Waals surface area contributed by atoms with Gasteiger partial charge in [-0.1, -0.05) is 25.4 Å². The fourth-order valence-electron chi connectivity index (χ4n) is 1.01. The Balaban J connectivity index is 0.00000121. The van der Waals surface area contributed by atoms with E-state index >= 15 is 0 Å². The number of hydrogen-bond acceptors (Lipinski definition) is 4. The maximum absolute atomic E-state index is 5.99. The Morgan fingerprint density at radius 2 is 2.12 bits per heavy atom. The molecule has 0 aliphatic heterocycles. The van der Waals surface area contributed by atoms with Gasteiger partial charge >= 0.3 is 0 Å². The molecule has 0 aromatic carbocycles. The van der Waals surface area contributed by atoms with Gasteiger partial charge in [0, 0.05) is 25.0 Å². The number of aliphatic imine (C=N–C) groups is 1. The van der Waals surface area contributed by atoms with E-state index in [-0.39, 0.29) is 0 Å². The first kappa shape index (κ1) is 15.9. The summed E-state index contributed by atoms with van der Waals surface area (Å²) in [5, 5.41) is 0.437. The summed E-state index contributed by atoms with van der Waals surface area (Å²) in [6.07, 6.45) is 2.97. The zero-order chi connectivity index (χ0) is 13.4. The van der Waals surface area contributed by atoms with Crippen molar-refractivity contribution in [1.82, 2.24) is 4.98 Å². The van der Waals surface area contributed by atoms with Crippen molar-refractivity contribution in [3.8, 4) is 0 Å². The first-order valence-corrected chi connectivity index (χ1v) is 6.23. The van der Waals surface area contributed by atoms with E-state index in [1.165, 1.54) is 6.20 Å². The number of rotatable bonds is 2. The number of nitrogen functional groups attached to an aromatic ring is 1. The Labute approximate surface area is 115 Å². The molecule has 0 amide bonds. The Morgan fingerprint density at radius 3 is 2.59 bits per heavy atom. The lowest BCUT2D eigenvalue weighted by molar-refractivity contribution is 1.24. The molecule has 0 aliphatic carbocycles. The standard InChI is InChI=1S/C9H10BrClN4.C2H6/c1-14-4-5(3-12)8-6(11)2-7(13)9(10)15-8;1-2/h2-4H,12-13H2,1H3;1-2H3/b5-3+,14-4?;. The average molecular weight is 320 g/mol. The molecule has 1 rings (SSSR count).